The number of aryl methyl sites for hydroxylation is 2. The maximum atomic E-state index is 10.2. The molecule has 0 spiro atoms. The molecule has 84 valence electrons. The first-order valence-electron chi connectivity index (χ1n) is 5.28. The normalized spacial score (nSPS) is 10.9. The Kier molecular flexibility index (Phi) is 3.01. The van der Waals surface area contributed by atoms with E-state index in [1.807, 2.05) is 14.0 Å². The molecular weight excluding hydrogens is 202 g/mol. The Morgan fingerprint density at radius 1 is 1.50 bits per heavy atom. The van der Waals surface area contributed by atoms with E-state index in [0.717, 1.165) is 28.7 Å². The van der Waals surface area contributed by atoms with E-state index in [1.165, 1.54) is 0 Å². The molecule has 0 atom stereocenters. The van der Waals surface area contributed by atoms with Crippen LogP contribution in [0, 0.1) is 6.92 Å². The zero-order valence-electron chi connectivity index (χ0n) is 9.53. The molecule has 1 heterocycles. The molecule has 0 aliphatic rings. The van der Waals surface area contributed by atoms with Gasteiger partial charge in [0.05, 0.1) is 17.6 Å². The highest BCUT2D eigenvalue weighted by atomic mass is 16.1. The summed E-state index contributed by atoms with van der Waals surface area (Å²) in [6.45, 7) is 3.08. The quantitative estimate of drug-likeness (QED) is 0.617. The van der Waals surface area contributed by atoms with Gasteiger partial charge in [0.25, 0.3) is 0 Å². The number of benzene rings is 1. The number of hydrogen-bond acceptors (Lipinski definition) is 3. The highest BCUT2D eigenvalue weighted by Gasteiger charge is 2.04. The van der Waals surface area contributed by atoms with Crippen LogP contribution in [0.4, 0.5) is 0 Å². The first-order valence-corrected chi connectivity index (χ1v) is 5.28. The predicted octanol–water partition coefficient (Wildman–Crippen LogP) is 1.17. The highest BCUT2D eigenvalue weighted by molar-refractivity contribution is 5.76. The van der Waals surface area contributed by atoms with Crippen LogP contribution in [0.5, 0.6) is 0 Å². The molecule has 0 aliphatic carbocycles. The van der Waals surface area contributed by atoms with Crippen molar-refractivity contribution in [2.45, 2.75) is 13.5 Å². The molecule has 0 radical (unpaired) electrons. The van der Waals surface area contributed by atoms with E-state index in [2.05, 4.69) is 33.1 Å². The Balaban J connectivity index is 2.26. The molecule has 2 aromatic rings. The van der Waals surface area contributed by atoms with Crippen LogP contribution in [-0.2, 0) is 18.4 Å². The molecule has 2 rings (SSSR count). The van der Waals surface area contributed by atoms with Crippen LogP contribution >= 0.6 is 0 Å². The molecule has 0 unspecified atom stereocenters. The van der Waals surface area contributed by atoms with Gasteiger partial charge in [0.1, 0.15) is 12.1 Å². The standard InChI is InChI=1S/C12H15N3O/c1-9-14-11-7-10(8-13-5-6-16)3-4-12(11)15(9)2/h3-4,6-7,13H,5,8H2,1-2H3. The van der Waals surface area contributed by atoms with Crippen molar-refractivity contribution < 1.29 is 4.79 Å². The molecule has 1 N–H and O–H groups in total. The van der Waals surface area contributed by atoms with Gasteiger partial charge < -0.3 is 14.7 Å². The number of aldehydes is 1. The van der Waals surface area contributed by atoms with E-state index in [-0.39, 0.29) is 0 Å². The molecule has 1 aromatic carbocycles. The number of carbonyl (C=O) groups excluding carboxylic acids is 1. The van der Waals surface area contributed by atoms with E-state index >= 15 is 0 Å². The van der Waals surface area contributed by atoms with Gasteiger partial charge in [-0.15, -0.1) is 0 Å². The molecule has 0 amide bonds. The molecule has 0 fully saturated rings. The first-order chi connectivity index (χ1) is 7.72. The van der Waals surface area contributed by atoms with Crippen LogP contribution < -0.4 is 5.32 Å². The molecule has 16 heavy (non-hydrogen) atoms. The number of imidazole rings is 1. The highest BCUT2D eigenvalue weighted by Crippen LogP contribution is 2.16. The number of rotatable bonds is 4. The van der Waals surface area contributed by atoms with Crippen molar-refractivity contribution >= 4 is 17.3 Å². The molecule has 0 aliphatic heterocycles. The third kappa shape index (κ3) is 1.97. The Bertz CT molecular complexity index is 516. The van der Waals surface area contributed by atoms with Crippen LogP contribution in [0.3, 0.4) is 0 Å². The maximum Gasteiger partial charge on any atom is 0.133 e. The fourth-order valence-electron chi connectivity index (χ4n) is 1.75. The minimum Gasteiger partial charge on any atom is -0.331 e. The van der Waals surface area contributed by atoms with Crippen LogP contribution in [0.15, 0.2) is 18.2 Å². The Morgan fingerprint density at radius 3 is 3.06 bits per heavy atom. The first kappa shape index (κ1) is 10.8. The molecule has 1 aromatic heterocycles. The van der Waals surface area contributed by atoms with Crippen molar-refractivity contribution in [3.8, 4) is 0 Å². The average Bonchev–Trinajstić information content (AvgIpc) is 2.55. The Morgan fingerprint density at radius 2 is 2.31 bits per heavy atom. The fourth-order valence-corrected chi connectivity index (χ4v) is 1.75. The summed E-state index contributed by atoms with van der Waals surface area (Å²) in [7, 11) is 2.01. The average molecular weight is 217 g/mol. The lowest BCUT2D eigenvalue weighted by Gasteiger charge is -2.01. The second-order valence-corrected chi connectivity index (χ2v) is 3.84. The van der Waals surface area contributed by atoms with E-state index in [1.54, 1.807) is 0 Å². The topological polar surface area (TPSA) is 46.9 Å². The minimum atomic E-state index is 0.388. The SMILES string of the molecule is Cc1nc2cc(CNCC=O)ccc2n1C. The predicted molar refractivity (Wildman–Crippen MR) is 63.2 cm³/mol. The van der Waals surface area contributed by atoms with Gasteiger partial charge in [0.2, 0.25) is 0 Å². The van der Waals surface area contributed by atoms with Crippen LogP contribution in [-0.4, -0.2) is 22.4 Å². The van der Waals surface area contributed by atoms with Gasteiger partial charge in [-0.2, -0.15) is 0 Å². The molecule has 0 saturated carbocycles. The fraction of sp³-hybridized carbons (Fsp3) is 0.333. The summed E-state index contributed by atoms with van der Waals surface area (Å²) in [5, 5.41) is 3.03. The molecule has 0 bridgehead atoms. The maximum absolute atomic E-state index is 10.2. The Hall–Kier alpha value is -1.68. The van der Waals surface area contributed by atoms with Gasteiger partial charge in [-0.3, -0.25) is 0 Å². The zero-order valence-corrected chi connectivity index (χ0v) is 9.53. The van der Waals surface area contributed by atoms with Crippen molar-refractivity contribution in [3.63, 3.8) is 0 Å². The van der Waals surface area contributed by atoms with Gasteiger partial charge in [-0.25, -0.2) is 4.98 Å². The Labute approximate surface area is 94.3 Å². The second-order valence-electron chi connectivity index (χ2n) is 3.84. The minimum absolute atomic E-state index is 0.388. The number of nitrogens with one attached hydrogen (secondary N) is 1. The molecule has 4 nitrogen and oxygen atoms in total. The summed E-state index contributed by atoms with van der Waals surface area (Å²) in [5.74, 6) is 1.01. The van der Waals surface area contributed by atoms with Crippen molar-refractivity contribution in [1.29, 1.82) is 0 Å². The third-order valence-electron chi connectivity index (χ3n) is 2.73. The van der Waals surface area contributed by atoms with Crippen molar-refractivity contribution in [3.05, 3.63) is 29.6 Å². The van der Waals surface area contributed by atoms with Gasteiger partial charge in [-0.1, -0.05) is 6.07 Å². The van der Waals surface area contributed by atoms with Gasteiger partial charge >= 0.3 is 0 Å². The summed E-state index contributed by atoms with van der Waals surface area (Å²) in [4.78, 5) is 14.6. The van der Waals surface area contributed by atoms with Crippen molar-refractivity contribution in [2.24, 2.45) is 7.05 Å². The van der Waals surface area contributed by atoms with Gasteiger partial charge in [-0.05, 0) is 24.6 Å². The van der Waals surface area contributed by atoms with Crippen molar-refractivity contribution in [1.82, 2.24) is 14.9 Å². The van der Waals surface area contributed by atoms with Crippen LogP contribution in [0.2, 0.25) is 0 Å². The van der Waals surface area contributed by atoms with Crippen molar-refractivity contribution in [2.75, 3.05) is 6.54 Å². The summed E-state index contributed by atoms with van der Waals surface area (Å²) in [6, 6.07) is 6.18. The molecular formula is C12H15N3O. The van der Waals surface area contributed by atoms with E-state index < -0.39 is 0 Å². The number of aromatic nitrogens is 2. The smallest absolute Gasteiger partial charge is 0.133 e. The van der Waals surface area contributed by atoms with Gasteiger partial charge in [0, 0.05) is 13.6 Å². The second kappa shape index (κ2) is 4.45. The van der Waals surface area contributed by atoms with Crippen LogP contribution in [0.1, 0.15) is 11.4 Å². The zero-order chi connectivity index (χ0) is 11.5. The lowest BCUT2D eigenvalue weighted by molar-refractivity contribution is -0.107. The summed E-state index contributed by atoms with van der Waals surface area (Å²) >= 11 is 0. The third-order valence-corrected chi connectivity index (χ3v) is 2.73. The number of fused-ring (bicyclic) bond motifs is 1. The monoisotopic (exact) mass is 217 g/mol. The number of hydrogen-bond donors (Lipinski definition) is 1. The lowest BCUT2D eigenvalue weighted by Crippen LogP contribution is -2.15. The van der Waals surface area contributed by atoms with E-state index in [4.69, 9.17) is 0 Å². The molecule has 0 saturated heterocycles. The lowest BCUT2D eigenvalue weighted by atomic mass is 10.2. The van der Waals surface area contributed by atoms with Gasteiger partial charge in [0.15, 0.2) is 0 Å². The number of nitrogens with zero attached hydrogens (tertiary/aromatic N) is 2. The molecule has 4 heteroatoms. The summed E-state index contributed by atoms with van der Waals surface area (Å²) in [5.41, 5.74) is 3.29. The van der Waals surface area contributed by atoms with E-state index in [0.29, 0.717) is 13.1 Å². The number of carbonyl (C=O) groups is 1. The summed E-state index contributed by atoms with van der Waals surface area (Å²) < 4.78 is 2.07. The van der Waals surface area contributed by atoms with Crippen LogP contribution in [0.25, 0.3) is 11.0 Å². The summed E-state index contributed by atoms with van der Waals surface area (Å²) in [6.07, 6.45) is 0.865. The van der Waals surface area contributed by atoms with E-state index in [9.17, 15) is 4.79 Å². The largest absolute Gasteiger partial charge is 0.331 e.